The van der Waals surface area contributed by atoms with Gasteiger partial charge < -0.3 is 4.57 Å². The third kappa shape index (κ3) is 3.71. The van der Waals surface area contributed by atoms with Crippen LogP contribution in [0.25, 0.3) is 16.7 Å². The maximum absolute atomic E-state index is 13.2. The lowest BCUT2D eigenvalue weighted by molar-refractivity contribution is 0.0997. The molecule has 3 aromatic heterocycles. The van der Waals surface area contributed by atoms with E-state index in [1.807, 2.05) is 39.0 Å². The Morgan fingerprint density at radius 3 is 2.59 bits per heavy atom. The Kier molecular flexibility index (Phi) is 5.69. The van der Waals surface area contributed by atoms with Crippen LogP contribution in [0.4, 0.5) is 0 Å². The smallest absolute Gasteiger partial charge is 0.278 e. The fourth-order valence-electron chi connectivity index (χ4n) is 3.67. The normalized spacial score (nSPS) is 11.8. The van der Waals surface area contributed by atoms with Gasteiger partial charge in [0.15, 0.2) is 5.49 Å². The van der Waals surface area contributed by atoms with Crippen molar-refractivity contribution in [2.24, 2.45) is 4.99 Å². The van der Waals surface area contributed by atoms with Gasteiger partial charge in [0, 0.05) is 18.3 Å². The molecule has 0 radical (unpaired) electrons. The molecule has 0 N–H and O–H groups in total. The topological polar surface area (TPSA) is 92.5 Å². The van der Waals surface area contributed by atoms with Crippen molar-refractivity contribution in [1.29, 1.82) is 5.26 Å². The number of hydrogen-bond donors (Lipinski definition) is 0. The first-order chi connectivity index (χ1) is 15.4. The Morgan fingerprint density at radius 2 is 1.91 bits per heavy atom. The van der Waals surface area contributed by atoms with E-state index in [1.54, 1.807) is 29.0 Å². The maximum atomic E-state index is 13.2. The number of nitriles is 1. The van der Waals surface area contributed by atoms with E-state index in [-0.39, 0.29) is 16.6 Å². The van der Waals surface area contributed by atoms with Crippen LogP contribution in [0.1, 0.15) is 46.8 Å². The number of unbranched alkanes of at least 4 members (excludes halogenated alkanes) is 1. The number of benzene rings is 1. The zero-order valence-corrected chi connectivity index (χ0v) is 18.3. The molecule has 0 aliphatic rings. The van der Waals surface area contributed by atoms with Crippen molar-refractivity contribution in [2.75, 3.05) is 0 Å². The molecule has 0 aliphatic heterocycles. The van der Waals surface area contributed by atoms with Crippen molar-refractivity contribution >= 4 is 22.6 Å². The fraction of sp³-hybridized carbons (Fsp3) is 0.240. The Labute approximate surface area is 184 Å². The molecule has 160 valence electrons. The van der Waals surface area contributed by atoms with Crippen LogP contribution < -0.4 is 11.0 Å². The van der Waals surface area contributed by atoms with E-state index in [0.717, 1.165) is 24.0 Å². The van der Waals surface area contributed by atoms with Gasteiger partial charge in [-0.2, -0.15) is 10.3 Å². The van der Waals surface area contributed by atoms with E-state index >= 15 is 0 Å². The lowest BCUT2D eigenvalue weighted by Gasteiger charge is -2.14. The van der Waals surface area contributed by atoms with Crippen LogP contribution in [0, 0.1) is 25.2 Å². The highest BCUT2D eigenvalue weighted by molar-refractivity contribution is 5.95. The van der Waals surface area contributed by atoms with Crippen LogP contribution in [0.5, 0.6) is 0 Å². The van der Waals surface area contributed by atoms with Crippen LogP contribution >= 0.6 is 0 Å². The molecule has 7 heteroatoms. The predicted octanol–water partition coefficient (Wildman–Crippen LogP) is 3.68. The summed E-state index contributed by atoms with van der Waals surface area (Å²) >= 11 is 0. The van der Waals surface area contributed by atoms with Crippen molar-refractivity contribution in [3.8, 4) is 6.07 Å². The lowest BCUT2D eigenvalue weighted by Crippen LogP contribution is -2.29. The molecular formula is C25H23N5O2. The van der Waals surface area contributed by atoms with Gasteiger partial charge in [0.2, 0.25) is 0 Å². The summed E-state index contributed by atoms with van der Waals surface area (Å²) in [6.45, 7) is 6.36. The van der Waals surface area contributed by atoms with Gasteiger partial charge >= 0.3 is 0 Å². The van der Waals surface area contributed by atoms with Gasteiger partial charge in [-0.15, -0.1) is 0 Å². The third-order valence-corrected chi connectivity index (χ3v) is 5.47. The minimum atomic E-state index is -0.445. The van der Waals surface area contributed by atoms with E-state index in [2.05, 4.69) is 11.1 Å². The fourth-order valence-corrected chi connectivity index (χ4v) is 3.67. The molecule has 1 aromatic carbocycles. The van der Waals surface area contributed by atoms with Crippen molar-refractivity contribution in [2.45, 2.75) is 40.2 Å². The molecule has 3 heterocycles. The average Bonchev–Trinajstić information content (AvgIpc) is 2.79. The first-order valence-electron chi connectivity index (χ1n) is 10.6. The second kappa shape index (κ2) is 8.60. The van der Waals surface area contributed by atoms with Gasteiger partial charge in [0.05, 0.1) is 10.9 Å². The number of aryl methyl sites for hydroxylation is 3. The summed E-state index contributed by atoms with van der Waals surface area (Å²) in [7, 11) is 0. The van der Waals surface area contributed by atoms with Crippen molar-refractivity contribution < 1.29 is 4.79 Å². The minimum Gasteiger partial charge on any atom is -0.309 e. The van der Waals surface area contributed by atoms with E-state index in [4.69, 9.17) is 4.98 Å². The van der Waals surface area contributed by atoms with Crippen molar-refractivity contribution in [3.05, 3.63) is 86.8 Å². The number of aromatic nitrogens is 3. The highest BCUT2D eigenvalue weighted by Crippen LogP contribution is 2.14. The molecule has 4 aromatic rings. The summed E-state index contributed by atoms with van der Waals surface area (Å²) < 4.78 is 3.22. The SMILES string of the molecule is CCCCn1c(=NC(=O)c2ccc(C)cc2)c(C#N)cc2c(=O)n3cccc(C)c3nc21. The van der Waals surface area contributed by atoms with E-state index in [1.165, 1.54) is 10.5 Å². The minimum absolute atomic E-state index is 0.167. The zero-order chi connectivity index (χ0) is 22.8. The number of pyridine rings is 2. The Hall–Kier alpha value is -4.05. The highest BCUT2D eigenvalue weighted by Gasteiger charge is 2.16. The number of carbonyl (C=O) groups excluding carboxylic acids is 1. The predicted molar refractivity (Wildman–Crippen MR) is 122 cm³/mol. The first kappa shape index (κ1) is 21.2. The number of hydrogen-bond acceptors (Lipinski definition) is 4. The van der Waals surface area contributed by atoms with Crippen LogP contribution in [0.15, 0.2) is 58.4 Å². The molecule has 0 spiro atoms. The molecule has 7 nitrogen and oxygen atoms in total. The van der Waals surface area contributed by atoms with Crippen molar-refractivity contribution in [1.82, 2.24) is 14.0 Å². The molecular weight excluding hydrogens is 402 g/mol. The van der Waals surface area contributed by atoms with E-state index < -0.39 is 5.91 Å². The Balaban J connectivity index is 2.09. The molecule has 0 saturated heterocycles. The monoisotopic (exact) mass is 425 g/mol. The van der Waals surface area contributed by atoms with Gasteiger partial charge in [-0.25, -0.2) is 4.98 Å². The van der Waals surface area contributed by atoms with Gasteiger partial charge in [0.1, 0.15) is 17.4 Å². The van der Waals surface area contributed by atoms with Crippen molar-refractivity contribution in [3.63, 3.8) is 0 Å². The molecule has 0 atom stereocenters. The average molecular weight is 425 g/mol. The number of carbonyl (C=O) groups is 1. The second-order valence-corrected chi connectivity index (χ2v) is 7.82. The zero-order valence-electron chi connectivity index (χ0n) is 18.3. The summed E-state index contributed by atoms with van der Waals surface area (Å²) in [5.41, 5.74) is 3.42. The Bertz CT molecular complexity index is 1520. The van der Waals surface area contributed by atoms with Crippen LogP contribution in [0.3, 0.4) is 0 Å². The van der Waals surface area contributed by atoms with Crippen LogP contribution in [-0.4, -0.2) is 19.9 Å². The summed E-state index contributed by atoms with van der Waals surface area (Å²) in [4.78, 5) is 35.2. The first-order valence-corrected chi connectivity index (χ1v) is 10.6. The highest BCUT2D eigenvalue weighted by atomic mass is 16.1. The second-order valence-electron chi connectivity index (χ2n) is 7.82. The third-order valence-electron chi connectivity index (χ3n) is 5.47. The van der Waals surface area contributed by atoms with Gasteiger partial charge in [-0.3, -0.25) is 14.0 Å². The van der Waals surface area contributed by atoms with Gasteiger partial charge in [-0.05, 0) is 50.1 Å². The summed E-state index contributed by atoms with van der Waals surface area (Å²) in [5.74, 6) is -0.445. The molecule has 0 saturated carbocycles. The lowest BCUT2D eigenvalue weighted by atomic mass is 10.1. The molecule has 0 fully saturated rings. The molecule has 0 bridgehead atoms. The number of rotatable bonds is 4. The standard InChI is InChI=1S/C25H23N5O2/c1-4-5-12-29-22(28-24(31)18-10-8-16(2)9-11-18)19(15-26)14-20-23(29)27-21-17(3)7-6-13-30(21)25(20)32/h6-11,13-14H,4-5,12H2,1-3H3. The van der Waals surface area contributed by atoms with E-state index in [9.17, 15) is 14.9 Å². The van der Waals surface area contributed by atoms with Gasteiger partial charge in [0.25, 0.3) is 11.5 Å². The summed E-state index contributed by atoms with van der Waals surface area (Å²) in [6, 6.07) is 14.4. The van der Waals surface area contributed by atoms with Crippen LogP contribution in [0.2, 0.25) is 0 Å². The van der Waals surface area contributed by atoms with E-state index in [0.29, 0.717) is 28.8 Å². The maximum Gasteiger partial charge on any atom is 0.278 e. The number of amides is 1. The quantitative estimate of drug-likeness (QED) is 0.466. The molecule has 4 rings (SSSR count). The van der Waals surface area contributed by atoms with Crippen LogP contribution in [-0.2, 0) is 6.54 Å². The molecule has 1 amide bonds. The molecule has 0 aliphatic carbocycles. The largest absolute Gasteiger partial charge is 0.309 e. The Morgan fingerprint density at radius 1 is 1.16 bits per heavy atom. The number of fused-ring (bicyclic) bond motifs is 2. The van der Waals surface area contributed by atoms with Gasteiger partial charge in [-0.1, -0.05) is 37.1 Å². The summed E-state index contributed by atoms with van der Waals surface area (Å²) in [5, 5.41) is 10.2. The molecule has 0 unspecified atom stereocenters. The molecule has 32 heavy (non-hydrogen) atoms. The number of nitrogens with zero attached hydrogens (tertiary/aromatic N) is 5. The summed E-state index contributed by atoms with van der Waals surface area (Å²) in [6.07, 6.45) is 3.34.